The maximum atomic E-state index is 5.58. The topological polar surface area (TPSA) is 73.3 Å². The summed E-state index contributed by atoms with van der Waals surface area (Å²) in [6, 6.07) is 7.49. The Kier molecular flexibility index (Phi) is 7.18. The number of nitrogens with one attached hydrogen (secondary N) is 1. The molecule has 4 nitrogen and oxygen atoms in total. The second-order valence-electron chi connectivity index (χ2n) is 4.13. The molecule has 0 aliphatic heterocycles. The van der Waals surface area contributed by atoms with Crippen molar-refractivity contribution >= 4 is 11.4 Å². The van der Waals surface area contributed by atoms with Gasteiger partial charge in [0.1, 0.15) is 0 Å². The van der Waals surface area contributed by atoms with E-state index in [9.17, 15) is 0 Å². The van der Waals surface area contributed by atoms with Crippen LogP contribution in [0.25, 0.3) is 0 Å². The fraction of sp³-hybridized carbons (Fsp3) is 0.538. The first kappa shape index (κ1) is 13.8. The van der Waals surface area contributed by atoms with Gasteiger partial charge in [0.25, 0.3) is 0 Å². The third-order valence-corrected chi connectivity index (χ3v) is 2.55. The van der Waals surface area contributed by atoms with Crippen molar-refractivity contribution in [3.05, 3.63) is 24.3 Å². The molecule has 0 spiro atoms. The van der Waals surface area contributed by atoms with E-state index in [0.717, 1.165) is 37.4 Å². The van der Waals surface area contributed by atoms with Crippen LogP contribution in [-0.2, 0) is 4.84 Å². The lowest BCUT2D eigenvalue weighted by molar-refractivity contribution is 0.187. The molecule has 0 unspecified atom stereocenters. The van der Waals surface area contributed by atoms with E-state index in [4.69, 9.17) is 16.3 Å². The lowest BCUT2D eigenvalue weighted by Crippen LogP contribution is -2.03. The molecule has 0 aromatic heterocycles. The zero-order valence-electron chi connectivity index (χ0n) is 10.3. The van der Waals surface area contributed by atoms with Gasteiger partial charge >= 0.3 is 0 Å². The van der Waals surface area contributed by atoms with Crippen LogP contribution in [0.3, 0.4) is 0 Å². The van der Waals surface area contributed by atoms with Gasteiger partial charge in [0.05, 0.1) is 12.3 Å². The fourth-order valence-electron chi connectivity index (χ4n) is 1.53. The van der Waals surface area contributed by atoms with E-state index in [2.05, 4.69) is 5.48 Å². The van der Waals surface area contributed by atoms with E-state index in [1.54, 1.807) is 0 Å². The van der Waals surface area contributed by atoms with Crippen LogP contribution in [0.5, 0.6) is 0 Å². The Morgan fingerprint density at radius 3 is 2.29 bits per heavy atom. The molecule has 0 aliphatic rings. The molecule has 1 rings (SSSR count). The minimum absolute atomic E-state index is 0.729. The lowest BCUT2D eigenvalue weighted by Gasteiger charge is -2.07. The van der Waals surface area contributed by atoms with E-state index < -0.39 is 0 Å². The van der Waals surface area contributed by atoms with Gasteiger partial charge in [-0.25, -0.2) is 0 Å². The van der Waals surface area contributed by atoms with Crippen molar-refractivity contribution in [3.8, 4) is 0 Å². The van der Waals surface area contributed by atoms with E-state index in [-0.39, 0.29) is 0 Å². The minimum Gasteiger partial charge on any atom is -0.399 e. The fourth-order valence-corrected chi connectivity index (χ4v) is 1.53. The van der Waals surface area contributed by atoms with Crippen LogP contribution in [0.2, 0.25) is 0 Å². The van der Waals surface area contributed by atoms with Crippen molar-refractivity contribution in [1.82, 2.24) is 0 Å². The molecule has 4 heteroatoms. The summed E-state index contributed by atoms with van der Waals surface area (Å²) in [6.45, 7) is 1.53. The molecule has 0 fully saturated rings. The Balaban J connectivity index is 1.95. The van der Waals surface area contributed by atoms with E-state index in [0.29, 0.717) is 0 Å². The molecular formula is C13H23N3O. The first-order valence-electron chi connectivity index (χ1n) is 6.26. The quantitative estimate of drug-likeness (QED) is 0.350. The summed E-state index contributed by atoms with van der Waals surface area (Å²) in [6.07, 6.45) is 5.87. The normalized spacial score (nSPS) is 10.4. The number of benzene rings is 1. The van der Waals surface area contributed by atoms with Gasteiger partial charge in [-0.1, -0.05) is 19.3 Å². The Bertz CT molecular complexity index is 287. The van der Waals surface area contributed by atoms with Gasteiger partial charge in [-0.2, -0.15) is 0 Å². The molecule has 0 heterocycles. The third kappa shape index (κ3) is 6.81. The van der Waals surface area contributed by atoms with E-state index in [1.165, 1.54) is 19.3 Å². The van der Waals surface area contributed by atoms with Crippen LogP contribution in [0.1, 0.15) is 32.1 Å². The summed E-state index contributed by atoms with van der Waals surface area (Å²) in [5.74, 6) is 0. The van der Waals surface area contributed by atoms with Gasteiger partial charge in [-0.3, -0.25) is 10.3 Å². The third-order valence-electron chi connectivity index (χ3n) is 2.55. The first-order chi connectivity index (χ1) is 8.33. The van der Waals surface area contributed by atoms with Gasteiger partial charge in [-0.15, -0.1) is 0 Å². The molecule has 96 valence electrons. The summed E-state index contributed by atoms with van der Waals surface area (Å²) < 4.78 is 0. The summed E-state index contributed by atoms with van der Waals surface area (Å²) in [5.41, 5.74) is 15.6. The largest absolute Gasteiger partial charge is 0.399 e. The maximum Gasteiger partial charge on any atom is 0.0746 e. The summed E-state index contributed by atoms with van der Waals surface area (Å²) in [4.78, 5) is 5.35. The van der Waals surface area contributed by atoms with Gasteiger partial charge in [-0.05, 0) is 43.7 Å². The van der Waals surface area contributed by atoms with E-state index in [1.807, 2.05) is 24.3 Å². The molecule has 0 amide bonds. The molecule has 1 aromatic rings. The zero-order valence-corrected chi connectivity index (χ0v) is 10.3. The number of rotatable bonds is 9. The Hall–Kier alpha value is -1.26. The monoisotopic (exact) mass is 237 g/mol. The number of nitrogen functional groups attached to an aromatic ring is 1. The molecule has 0 radical (unpaired) electrons. The number of hydrogen-bond acceptors (Lipinski definition) is 4. The Morgan fingerprint density at radius 1 is 0.941 bits per heavy atom. The van der Waals surface area contributed by atoms with Crippen LogP contribution in [0.4, 0.5) is 11.4 Å². The first-order valence-corrected chi connectivity index (χ1v) is 6.26. The minimum atomic E-state index is 0.729. The van der Waals surface area contributed by atoms with E-state index >= 15 is 0 Å². The van der Waals surface area contributed by atoms with Crippen LogP contribution in [0, 0.1) is 0 Å². The number of nitrogens with two attached hydrogens (primary N) is 2. The molecule has 1 aromatic carbocycles. The molecule has 0 saturated carbocycles. The Labute approximate surface area is 103 Å². The van der Waals surface area contributed by atoms with Crippen molar-refractivity contribution in [1.29, 1.82) is 0 Å². The molecule has 17 heavy (non-hydrogen) atoms. The van der Waals surface area contributed by atoms with Crippen molar-refractivity contribution in [2.24, 2.45) is 5.73 Å². The number of unbranched alkanes of at least 4 members (excludes halogenated alkanes) is 4. The smallest absolute Gasteiger partial charge is 0.0746 e. The molecule has 0 bridgehead atoms. The highest BCUT2D eigenvalue weighted by Gasteiger charge is 1.93. The van der Waals surface area contributed by atoms with Crippen LogP contribution in [0.15, 0.2) is 24.3 Å². The van der Waals surface area contributed by atoms with Crippen molar-refractivity contribution < 1.29 is 4.84 Å². The molecule has 5 N–H and O–H groups in total. The highest BCUT2D eigenvalue weighted by molar-refractivity contribution is 5.49. The van der Waals surface area contributed by atoms with Gasteiger partial charge < -0.3 is 11.5 Å². The van der Waals surface area contributed by atoms with Crippen LogP contribution >= 0.6 is 0 Å². The SMILES string of the molecule is NCCCCCCCONc1ccc(N)cc1. The number of anilines is 2. The molecule has 0 saturated heterocycles. The predicted molar refractivity (Wildman–Crippen MR) is 72.6 cm³/mol. The van der Waals surface area contributed by atoms with Crippen molar-refractivity contribution in [2.75, 3.05) is 24.4 Å². The molecular weight excluding hydrogens is 214 g/mol. The average molecular weight is 237 g/mol. The van der Waals surface area contributed by atoms with Crippen molar-refractivity contribution in [2.45, 2.75) is 32.1 Å². The van der Waals surface area contributed by atoms with Crippen molar-refractivity contribution in [3.63, 3.8) is 0 Å². The maximum absolute atomic E-state index is 5.58. The summed E-state index contributed by atoms with van der Waals surface area (Å²) in [5, 5.41) is 0. The van der Waals surface area contributed by atoms with Crippen LogP contribution in [-0.4, -0.2) is 13.2 Å². The average Bonchev–Trinajstić information content (AvgIpc) is 2.35. The lowest BCUT2D eigenvalue weighted by atomic mass is 10.1. The number of hydrogen-bond donors (Lipinski definition) is 3. The van der Waals surface area contributed by atoms with Gasteiger partial charge in [0, 0.05) is 5.69 Å². The zero-order chi connectivity index (χ0) is 12.3. The summed E-state index contributed by atoms with van der Waals surface area (Å²) >= 11 is 0. The second kappa shape index (κ2) is 8.84. The predicted octanol–water partition coefficient (Wildman–Crippen LogP) is 2.52. The summed E-state index contributed by atoms with van der Waals surface area (Å²) in [7, 11) is 0. The molecule has 0 aliphatic carbocycles. The standard InChI is InChI=1S/C13H23N3O/c14-10-4-2-1-3-5-11-17-16-13-8-6-12(15)7-9-13/h6-9,16H,1-5,10-11,14-15H2. The molecule has 0 atom stereocenters. The van der Waals surface area contributed by atoms with Crippen LogP contribution < -0.4 is 16.9 Å². The van der Waals surface area contributed by atoms with Gasteiger partial charge in [0.15, 0.2) is 0 Å². The highest BCUT2D eigenvalue weighted by atomic mass is 16.6. The van der Waals surface area contributed by atoms with Gasteiger partial charge in [0.2, 0.25) is 0 Å². The second-order valence-corrected chi connectivity index (χ2v) is 4.13. The Morgan fingerprint density at radius 2 is 1.59 bits per heavy atom. The highest BCUT2D eigenvalue weighted by Crippen LogP contribution is 2.10.